The largest absolute Gasteiger partial charge is 0.396 e. The summed E-state index contributed by atoms with van der Waals surface area (Å²) in [5.74, 6) is 2.25. The number of aliphatic hydroxyl groups is 1. The summed E-state index contributed by atoms with van der Waals surface area (Å²) < 4.78 is 0. The first-order valence-corrected chi connectivity index (χ1v) is 7.51. The molecule has 0 aliphatic carbocycles. The van der Waals surface area contributed by atoms with Crippen LogP contribution in [0.1, 0.15) is 26.2 Å². The first-order chi connectivity index (χ1) is 7.74. The lowest BCUT2D eigenvalue weighted by Gasteiger charge is -2.35. The molecule has 0 spiro atoms. The molecule has 0 radical (unpaired) electrons. The van der Waals surface area contributed by atoms with E-state index in [4.69, 9.17) is 5.11 Å². The lowest BCUT2D eigenvalue weighted by atomic mass is 9.99. The third-order valence-corrected chi connectivity index (χ3v) is 4.40. The van der Waals surface area contributed by atoms with E-state index < -0.39 is 0 Å². The predicted molar refractivity (Wildman–Crippen MR) is 72.1 cm³/mol. The van der Waals surface area contributed by atoms with Crippen LogP contribution in [0.15, 0.2) is 0 Å². The number of rotatable bonds is 7. The van der Waals surface area contributed by atoms with Crippen LogP contribution < -0.4 is 5.32 Å². The topological polar surface area (TPSA) is 35.5 Å². The van der Waals surface area contributed by atoms with Gasteiger partial charge in [-0.3, -0.25) is 0 Å². The van der Waals surface area contributed by atoms with Crippen molar-refractivity contribution >= 4 is 11.8 Å². The summed E-state index contributed by atoms with van der Waals surface area (Å²) in [7, 11) is 2.21. The SMILES string of the molecule is CC1CC(NCCSCCCO)CCN1C. The van der Waals surface area contributed by atoms with Crippen molar-refractivity contribution in [3.8, 4) is 0 Å². The van der Waals surface area contributed by atoms with E-state index in [1.165, 1.54) is 25.1 Å². The molecule has 1 heterocycles. The van der Waals surface area contributed by atoms with Gasteiger partial charge in [0.05, 0.1) is 0 Å². The van der Waals surface area contributed by atoms with Crippen molar-refractivity contribution in [2.24, 2.45) is 0 Å². The number of piperidine rings is 1. The van der Waals surface area contributed by atoms with Gasteiger partial charge in [0.15, 0.2) is 0 Å². The summed E-state index contributed by atoms with van der Waals surface area (Å²) in [6.07, 6.45) is 3.48. The third kappa shape index (κ3) is 5.53. The van der Waals surface area contributed by atoms with Gasteiger partial charge in [-0.05, 0) is 45.5 Å². The van der Waals surface area contributed by atoms with E-state index in [0.717, 1.165) is 18.7 Å². The minimum absolute atomic E-state index is 0.326. The standard InChI is InChI=1S/C12H26N2OS/c1-11-10-12(4-6-14(11)2)13-5-9-16-8-3-7-15/h11-13,15H,3-10H2,1-2H3. The van der Waals surface area contributed by atoms with Gasteiger partial charge < -0.3 is 15.3 Å². The Labute approximate surface area is 104 Å². The van der Waals surface area contributed by atoms with Crippen LogP contribution >= 0.6 is 11.8 Å². The van der Waals surface area contributed by atoms with E-state index in [9.17, 15) is 0 Å². The molecule has 0 aromatic carbocycles. The molecule has 1 rings (SSSR count). The normalized spacial score (nSPS) is 27.2. The van der Waals surface area contributed by atoms with Crippen LogP contribution in [0.3, 0.4) is 0 Å². The summed E-state index contributed by atoms with van der Waals surface area (Å²) in [6.45, 7) is 4.96. The van der Waals surface area contributed by atoms with E-state index in [1.807, 2.05) is 11.8 Å². The predicted octanol–water partition coefficient (Wildman–Crippen LogP) is 1.17. The average Bonchev–Trinajstić information content (AvgIpc) is 2.28. The summed E-state index contributed by atoms with van der Waals surface area (Å²) >= 11 is 1.93. The zero-order valence-corrected chi connectivity index (χ0v) is 11.4. The number of thioether (sulfide) groups is 1. The Morgan fingerprint density at radius 3 is 2.94 bits per heavy atom. The van der Waals surface area contributed by atoms with Crippen molar-refractivity contribution < 1.29 is 5.11 Å². The number of aliphatic hydroxyl groups excluding tert-OH is 1. The number of likely N-dealkylation sites (tertiary alicyclic amines) is 1. The van der Waals surface area contributed by atoms with Crippen LogP contribution in [0.2, 0.25) is 0 Å². The highest BCUT2D eigenvalue weighted by molar-refractivity contribution is 7.99. The van der Waals surface area contributed by atoms with Crippen LogP contribution in [-0.2, 0) is 0 Å². The smallest absolute Gasteiger partial charge is 0.0438 e. The zero-order valence-electron chi connectivity index (χ0n) is 10.6. The van der Waals surface area contributed by atoms with E-state index in [-0.39, 0.29) is 0 Å². The Balaban J connectivity index is 1.97. The lowest BCUT2D eigenvalue weighted by Crippen LogP contribution is -2.46. The molecule has 0 bridgehead atoms. The van der Waals surface area contributed by atoms with Gasteiger partial charge in [-0.25, -0.2) is 0 Å². The highest BCUT2D eigenvalue weighted by Gasteiger charge is 2.21. The van der Waals surface area contributed by atoms with E-state index in [0.29, 0.717) is 18.7 Å². The van der Waals surface area contributed by atoms with Crippen molar-refractivity contribution in [3.05, 3.63) is 0 Å². The fraction of sp³-hybridized carbons (Fsp3) is 1.00. The molecule has 3 nitrogen and oxygen atoms in total. The Morgan fingerprint density at radius 1 is 1.44 bits per heavy atom. The average molecular weight is 246 g/mol. The van der Waals surface area contributed by atoms with Crippen molar-refractivity contribution in [3.63, 3.8) is 0 Å². The molecule has 16 heavy (non-hydrogen) atoms. The van der Waals surface area contributed by atoms with Gasteiger partial charge in [0.25, 0.3) is 0 Å². The summed E-state index contributed by atoms with van der Waals surface area (Å²) in [5.41, 5.74) is 0. The second-order valence-corrected chi connectivity index (χ2v) is 5.92. The first-order valence-electron chi connectivity index (χ1n) is 6.36. The maximum atomic E-state index is 8.65. The first kappa shape index (κ1) is 14.3. The van der Waals surface area contributed by atoms with E-state index >= 15 is 0 Å². The molecular weight excluding hydrogens is 220 g/mol. The minimum atomic E-state index is 0.326. The van der Waals surface area contributed by atoms with Crippen LogP contribution in [0, 0.1) is 0 Å². The van der Waals surface area contributed by atoms with Gasteiger partial charge in [0.1, 0.15) is 0 Å². The Morgan fingerprint density at radius 2 is 2.25 bits per heavy atom. The van der Waals surface area contributed by atoms with Crippen LogP contribution in [0.25, 0.3) is 0 Å². The molecule has 2 unspecified atom stereocenters. The number of nitrogens with one attached hydrogen (secondary N) is 1. The number of hydrogen-bond acceptors (Lipinski definition) is 4. The molecule has 1 aliphatic heterocycles. The summed E-state index contributed by atoms with van der Waals surface area (Å²) in [4.78, 5) is 2.44. The van der Waals surface area contributed by atoms with Crippen LogP contribution in [-0.4, -0.2) is 60.3 Å². The molecule has 2 N–H and O–H groups in total. The second-order valence-electron chi connectivity index (χ2n) is 4.69. The third-order valence-electron chi connectivity index (χ3n) is 3.33. The molecule has 0 aromatic rings. The molecular formula is C12H26N2OS. The van der Waals surface area contributed by atoms with Crippen LogP contribution in [0.5, 0.6) is 0 Å². The van der Waals surface area contributed by atoms with Gasteiger partial charge in [-0.15, -0.1) is 0 Å². The quantitative estimate of drug-likeness (QED) is 0.661. The van der Waals surface area contributed by atoms with Crippen molar-refractivity contribution in [2.45, 2.75) is 38.3 Å². The summed E-state index contributed by atoms with van der Waals surface area (Å²) in [6, 6.07) is 1.43. The summed E-state index contributed by atoms with van der Waals surface area (Å²) in [5, 5.41) is 12.3. The van der Waals surface area contributed by atoms with Crippen molar-refractivity contribution in [1.29, 1.82) is 0 Å². The molecule has 1 saturated heterocycles. The van der Waals surface area contributed by atoms with Crippen molar-refractivity contribution in [1.82, 2.24) is 10.2 Å². The van der Waals surface area contributed by atoms with E-state index in [2.05, 4.69) is 24.2 Å². The minimum Gasteiger partial charge on any atom is -0.396 e. The van der Waals surface area contributed by atoms with Crippen LogP contribution in [0.4, 0.5) is 0 Å². The molecule has 2 atom stereocenters. The Hall–Kier alpha value is 0.230. The van der Waals surface area contributed by atoms with Gasteiger partial charge in [-0.2, -0.15) is 11.8 Å². The maximum absolute atomic E-state index is 8.65. The Bertz CT molecular complexity index is 180. The Kier molecular flexibility index (Phi) is 7.45. The lowest BCUT2D eigenvalue weighted by molar-refractivity contribution is 0.170. The fourth-order valence-corrected chi connectivity index (χ4v) is 2.88. The molecule has 0 amide bonds. The highest BCUT2D eigenvalue weighted by atomic mass is 32.2. The van der Waals surface area contributed by atoms with Gasteiger partial charge in [-0.1, -0.05) is 0 Å². The molecule has 1 aliphatic rings. The highest BCUT2D eigenvalue weighted by Crippen LogP contribution is 2.15. The van der Waals surface area contributed by atoms with Crippen molar-refractivity contribution in [2.75, 3.05) is 38.2 Å². The number of hydrogen-bond donors (Lipinski definition) is 2. The molecule has 1 fully saturated rings. The molecule has 4 heteroatoms. The fourth-order valence-electron chi connectivity index (χ4n) is 2.08. The molecule has 0 aromatic heterocycles. The van der Waals surface area contributed by atoms with E-state index in [1.54, 1.807) is 0 Å². The molecule has 0 saturated carbocycles. The van der Waals surface area contributed by atoms with Gasteiger partial charge in [0, 0.05) is 31.0 Å². The van der Waals surface area contributed by atoms with Gasteiger partial charge in [0.2, 0.25) is 0 Å². The maximum Gasteiger partial charge on any atom is 0.0438 e. The number of nitrogens with zero attached hydrogens (tertiary/aromatic N) is 1. The van der Waals surface area contributed by atoms with Gasteiger partial charge >= 0.3 is 0 Å². The zero-order chi connectivity index (χ0) is 11.8. The monoisotopic (exact) mass is 246 g/mol. The molecule has 96 valence electrons. The second kappa shape index (κ2) is 8.34.